The van der Waals surface area contributed by atoms with Crippen molar-refractivity contribution in [2.45, 2.75) is 13.0 Å². The molecule has 2 rings (SSSR count). The maximum atomic E-state index is 5.30. The van der Waals surface area contributed by atoms with E-state index in [2.05, 4.69) is 43.2 Å². The molecule has 1 aliphatic heterocycles. The van der Waals surface area contributed by atoms with Gasteiger partial charge < -0.3 is 10.5 Å². The zero-order valence-electron chi connectivity index (χ0n) is 8.83. The molecule has 0 atom stereocenters. The lowest BCUT2D eigenvalue weighted by Gasteiger charge is -2.14. The molecule has 1 heterocycles. The zero-order valence-corrected chi connectivity index (χ0v) is 8.83. The van der Waals surface area contributed by atoms with Gasteiger partial charge in [-0.3, -0.25) is 0 Å². The van der Waals surface area contributed by atoms with Crippen LogP contribution in [0.4, 0.5) is 0 Å². The number of nitrogens with two attached hydrogens (primary N) is 1. The number of hydrogen-bond donors (Lipinski definition) is 1. The maximum Gasteiger partial charge on any atom is 0.0719 e. The van der Waals surface area contributed by atoms with Gasteiger partial charge in [-0.2, -0.15) is 0 Å². The fraction of sp³-hybridized carbons (Fsp3) is 0.333. The molecule has 2 heteroatoms. The van der Waals surface area contributed by atoms with Crippen molar-refractivity contribution in [2.75, 3.05) is 13.7 Å². The van der Waals surface area contributed by atoms with E-state index in [9.17, 15) is 0 Å². The second-order valence-corrected chi connectivity index (χ2v) is 2.57. The molecule has 0 amide bonds. The Hall–Kier alpha value is -1.12. The molecule has 0 aliphatic carbocycles. The Labute approximate surface area is 86.4 Å². The van der Waals surface area contributed by atoms with Gasteiger partial charge in [-0.15, -0.1) is 13.2 Å². The molecule has 0 spiro atoms. The minimum absolute atomic E-state index is 0.802. The van der Waals surface area contributed by atoms with Crippen LogP contribution in [0.1, 0.15) is 11.1 Å². The van der Waals surface area contributed by atoms with E-state index in [1.807, 2.05) is 0 Å². The number of ether oxygens (including phenoxy) is 1. The molecule has 1 aliphatic rings. The molecule has 2 N–H and O–H groups in total. The van der Waals surface area contributed by atoms with E-state index in [4.69, 9.17) is 4.74 Å². The van der Waals surface area contributed by atoms with E-state index in [1.165, 1.54) is 18.2 Å². The average Bonchev–Trinajstić information content (AvgIpc) is 2.34. The van der Waals surface area contributed by atoms with Crippen molar-refractivity contribution in [3.05, 3.63) is 48.6 Å². The molecular formula is C12H19NO. The lowest BCUT2D eigenvalue weighted by Crippen LogP contribution is -2.08. The Morgan fingerprint density at radius 3 is 2.29 bits per heavy atom. The zero-order chi connectivity index (χ0) is 10.8. The second-order valence-electron chi connectivity index (χ2n) is 2.57. The lowest BCUT2D eigenvalue weighted by molar-refractivity contribution is 0.111. The molecule has 0 fully saturated rings. The highest BCUT2D eigenvalue weighted by molar-refractivity contribution is 5.27. The van der Waals surface area contributed by atoms with Crippen molar-refractivity contribution >= 4 is 0 Å². The second kappa shape index (κ2) is 8.48. The van der Waals surface area contributed by atoms with Crippen LogP contribution in [0.15, 0.2) is 37.4 Å². The van der Waals surface area contributed by atoms with Gasteiger partial charge in [-0.05, 0) is 24.6 Å². The lowest BCUT2D eigenvalue weighted by atomic mass is 10.0. The summed E-state index contributed by atoms with van der Waals surface area (Å²) in [6.45, 7) is 7.69. The van der Waals surface area contributed by atoms with Gasteiger partial charge in [-0.1, -0.05) is 24.3 Å². The minimum Gasteiger partial charge on any atom is -0.376 e. The third-order valence-electron chi connectivity index (χ3n) is 1.89. The molecule has 1 aromatic rings. The highest BCUT2D eigenvalue weighted by atomic mass is 16.5. The standard InChI is InChI=1S/C9H10O.C2H4.CH5N/c1-2-4-9-7-10-6-5-8(9)3-1;2*1-2/h1-4H,5-7H2;1-2H2;2H2,1H3. The van der Waals surface area contributed by atoms with Crippen LogP contribution in [-0.2, 0) is 17.8 Å². The minimum atomic E-state index is 0.802. The summed E-state index contributed by atoms with van der Waals surface area (Å²) in [5.74, 6) is 0. The fourth-order valence-corrected chi connectivity index (χ4v) is 1.31. The summed E-state index contributed by atoms with van der Waals surface area (Å²) in [6.07, 6.45) is 1.08. The summed E-state index contributed by atoms with van der Waals surface area (Å²) in [5.41, 5.74) is 7.31. The molecule has 0 unspecified atom stereocenters. The third-order valence-corrected chi connectivity index (χ3v) is 1.89. The fourth-order valence-electron chi connectivity index (χ4n) is 1.31. The Morgan fingerprint density at radius 2 is 1.71 bits per heavy atom. The van der Waals surface area contributed by atoms with E-state index in [-0.39, 0.29) is 0 Å². The van der Waals surface area contributed by atoms with Gasteiger partial charge in [0.2, 0.25) is 0 Å². The van der Waals surface area contributed by atoms with Crippen molar-refractivity contribution in [1.29, 1.82) is 0 Å². The Morgan fingerprint density at radius 1 is 1.14 bits per heavy atom. The van der Waals surface area contributed by atoms with Gasteiger partial charge in [0.15, 0.2) is 0 Å². The van der Waals surface area contributed by atoms with Crippen molar-refractivity contribution < 1.29 is 4.74 Å². The highest BCUT2D eigenvalue weighted by Crippen LogP contribution is 2.14. The molecule has 0 aromatic heterocycles. The van der Waals surface area contributed by atoms with Crippen molar-refractivity contribution in [3.63, 3.8) is 0 Å². The third kappa shape index (κ3) is 3.73. The van der Waals surface area contributed by atoms with E-state index >= 15 is 0 Å². The van der Waals surface area contributed by atoms with Crippen molar-refractivity contribution in [2.24, 2.45) is 5.73 Å². The molecule has 2 nitrogen and oxygen atoms in total. The van der Waals surface area contributed by atoms with Gasteiger partial charge in [0, 0.05) is 0 Å². The average molecular weight is 193 g/mol. The summed E-state index contributed by atoms with van der Waals surface area (Å²) in [7, 11) is 1.50. The molecular weight excluding hydrogens is 174 g/mol. The summed E-state index contributed by atoms with van der Waals surface area (Å²) in [5, 5.41) is 0. The topological polar surface area (TPSA) is 35.2 Å². The summed E-state index contributed by atoms with van der Waals surface area (Å²) in [6, 6.07) is 8.46. The highest BCUT2D eigenvalue weighted by Gasteiger charge is 2.06. The van der Waals surface area contributed by atoms with Crippen LogP contribution in [0.2, 0.25) is 0 Å². The van der Waals surface area contributed by atoms with E-state index in [0.29, 0.717) is 0 Å². The van der Waals surface area contributed by atoms with Gasteiger partial charge in [0.1, 0.15) is 0 Å². The number of fused-ring (bicyclic) bond motifs is 1. The largest absolute Gasteiger partial charge is 0.376 e. The Balaban J connectivity index is 0.000000379. The molecule has 78 valence electrons. The van der Waals surface area contributed by atoms with Crippen LogP contribution in [0.25, 0.3) is 0 Å². The molecule has 0 bridgehead atoms. The van der Waals surface area contributed by atoms with Gasteiger partial charge in [0.25, 0.3) is 0 Å². The monoisotopic (exact) mass is 193 g/mol. The number of hydrogen-bond acceptors (Lipinski definition) is 2. The molecule has 0 saturated heterocycles. The Kier molecular flexibility index (Phi) is 7.80. The molecule has 14 heavy (non-hydrogen) atoms. The first-order chi connectivity index (χ1) is 6.97. The smallest absolute Gasteiger partial charge is 0.0719 e. The van der Waals surface area contributed by atoms with Gasteiger partial charge in [-0.25, -0.2) is 0 Å². The predicted octanol–water partition coefficient (Wildman–Crippen LogP) is 2.14. The quantitative estimate of drug-likeness (QED) is 0.641. The van der Waals surface area contributed by atoms with E-state index < -0.39 is 0 Å². The number of benzene rings is 1. The van der Waals surface area contributed by atoms with Gasteiger partial charge in [0.05, 0.1) is 13.2 Å². The van der Waals surface area contributed by atoms with Gasteiger partial charge >= 0.3 is 0 Å². The number of rotatable bonds is 0. The van der Waals surface area contributed by atoms with E-state index in [1.54, 1.807) is 0 Å². The van der Waals surface area contributed by atoms with Crippen molar-refractivity contribution in [3.8, 4) is 0 Å². The van der Waals surface area contributed by atoms with Crippen LogP contribution in [-0.4, -0.2) is 13.7 Å². The summed E-state index contributed by atoms with van der Waals surface area (Å²) >= 11 is 0. The maximum absolute atomic E-state index is 5.30. The molecule has 1 aromatic carbocycles. The van der Waals surface area contributed by atoms with Crippen molar-refractivity contribution in [1.82, 2.24) is 0 Å². The normalized spacial score (nSPS) is 12.4. The molecule has 0 saturated carbocycles. The first-order valence-corrected chi connectivity index (χ1v) is 4.69. The van der Waals surface area contributed by atoms with Crippen LogP contribution in [0.3, 0.4) is 0 Å². The van der Waals surface area contributed by atoms with Crippen LogP contribution < -0.4 is 5.73 Å². The SMILES string of the molecule is C=C.CN.c1ccc2c(c1)CCOC2. The predicted molar refractivity (Wildman–Crippen MR) is 61.2 cm³/mol. The van der Waals surface area contributed by atoms with Crippen LogP contribution in [0, 0.1) is 0 Å². The van der Waals surface area contributed by atoms with Crippen LogP contribution in [0.5, 0.6) is 0 Å². The first kappa shape index (κ1) is 12.9. The summed E-state index contributed by atoms with van der Waals surface area (Å²) < 4.78 is 5.30. The Bertz CT molecular complexity index is 223. The van der Waals surface area contributed by atoms with Crippen LogP contribution >= 0.6 is 0 Å². The first-order valence-electron chi connectivity index (χ1n) is 4.69. The summed E-state index contributed by atoms with van der Waals surface area (Å²) in [4.78, 5) is 0. The van der Waals surface area contributed by atoms with E-state index in [0.717, 1.165) is 19.6 Å². The molecule has 0 radical (unpaired) electrons.